The Bertz CT molecular complexity index is 2260. The van der Waals surface area contributed by atoms with Crippen molar-refractivity contribution in [2.45, 2.75) is 9.79 Å². The third-order valence-corrected chi connectivity index (χ3v) is 16.2. The first-order chi connectivity index (χ1) is 22.8. The van der Waals surface area contributed by atoms with E-state index in [0.717, 1.165) is 28.6 Å². The van der Waals surface area contributed by atoms with Crippen molar-refractivity contribution in [3.05, 3.63) is 164 Å². The molecular formula is C42H27NOSSi. The SMILES string of the molecule is c1ccc2c(c1)Oc1ccccc1N2c1ccc(-c2ccc3c(c2)[Si]2(c4ccccc4Sc4ccccc42)c2ccccc2-3)cc1. The van der Waals surface area contributed by atoms with Crippen LogP contribution in [0.15, 0.2) is 174 Å². The van der Waals surface area contributed by atoms with Gasteiger partial charge in [0.05, 0.1) is 11.4 Å². The topological polar surface area (TPSA) is 12.5 Å². The number of hydrogen-bond donors (Lipinski definition) is 0. The van der Waals surface area contributed by atoms with E-state index in [0.29, 0.717) is 0 Å². The molecule has 3 aliphatic rings. The molecule has 1 spiro atoms. The summed E-state index contributed by atoms with van der Waals surface area (Å²) in [6, 6.07) is 60.2. The van der Waals surface area contributed by atoms with Crippen LogP contribution in [0.25, 0.3) is 22.3 Å². The average molecular weight is 622 g/mol. The molecule has 0 unspecified atom stereocenters. The van der Waals surface area contributed by atoms with E-state index in [1.54, 1.807) is 0 Å². The first-order valence-corrected chi connectivity index (χ1v) is 18.5. The molecule has 10 rings (SSSR count). The Labute approximate surface area is 273 Å². The van der Waals surface area contributed by atoms with E-state index >= 15 is 0 Å². The normalized spacial score (nSPS) is 14.3. The molecule has 4 heteroatoms. The Kier molecular flexibility index (Phi) is 5.56. The third kappa shape index (κ3) is 3.54. The molecule has 7 aromatic carbocycles. The van der Waals surface area contributed by atoms with Crippen LogP contribution < -0.4 is 30.4 Å². The van der Waals surface area contributed by atoms with Crippen LogP contribution in [-0.2, 0) is 0 Å². The van der Waals surface area contributed by atoms with Crippen molar-refractivity contribution in [1.29, 1.82) is 0 Å². The van der Waals surface area contributed by atoms with Crippen molar-refractivity contribution < 1.29 is 4.74 Å². The number of fused-ring (bicyclic) bond motifs is 11. The van der Waals surface area contributed by atoms with Crippen molar-refractivity contribution in [3.63, 3.8) is 0 Å². The molecule has 0 fully saturated rings. The molecule has 0 saturated heterocycles. The van der Waals surface area contributed by atoms with Crippen molar-refractivity contribution in [2.24, 2.45) is 0 Å². The molecule has 0 atom stereocenters. The number of para-hydroxylation sites is 4. The van der Waals surface area contributed by atoms with Gasteiger partial charge in [-0.3, -0.25) is 0 Å². The number of rotatable bonds is 2. The van der Waals surface area contributed by atoms with E-state index in [2.05, 4.69) is 144 Å². The predicted molar refractivity (Wildman–Crippen MR) is 193 cm³/mol. The molecule has 46 heavy (non-hydrogen) atoms. The van der Waals surface area contributed by atoms with Gasteiger partial charge in [0.2, 0.25) is 0 Å². The van der Waals surface area contributed by atoms with Crippen LogP contribution in [-0.4, -0.2) is 8.07 Å². The number of ether oxygens (including phenoxy) is 1. The van der Waals surface area contributed by atoms with Crippen molar-refractivity contribution in [2.75, 3.05) is 4.90 Å². The Morgan fingerprint density at radius 3 is 1.63 bits per heavy atom. The average Bonchev–Trinajstić information content (AvgIpc) is 3.41. The van der Waals surface area contributed by atoms with E-state index in [1.165, 1.54) is 52.8 Å². The summed E-state index contributed by atoms with van der Waals surface area (Å²) < 4.78 is 6.26. The molecular weight excluding hydrogens is 595 g/mol. The van der Waals surface area contributed by atoms with E-state index in [9.17, 15) is 0 Å². The van der Waals surface area contributed by atoms with E-state index in [-0.39, 0.29) is 0 Å². The second-order valence-electron chi connectivity index (χ2n) is 12.1. The van der Waals surface area contributed by atoms with Crippen LogP contribution in [0, 0.1) is 0 Å². The van der Waals surface area contributed by atoms with E-state index < -0.39 is 8.07 Å². The summed E-state index contributed by atoms with van der Waals surface area (Å²) in [5, 5.41) is 6.00. The fourth-order valence-corrected chi connectivity index (χ4v) is 15.2. The van der Waals surface area contributed by atoms with Crippen LogP contribution in [0.2, 0.25) is 0 Å². The van der Waals surface area contributed by atoms with E-state index in [4.69, 9.17) is 4.74 Å². The van der Waals surface area contributed by atoms with Crippen LogP contribution >= 0.6 is 11.8 Å². The molecule has 0 bridgehead atoms. The smallest absolute Gasteiger partial charge is 0.183 e. The number of hydrogen-bond acceptors (Lipinski definition) is 3. The van der Waals surface area contributed by atoms with Gasteiger partial charge in [0.1, 0.15) is 0 Å². The molecule has 216 valence electrons. The summed E-state index contributed by atoms with van der Waals surface area (Å²) in [5.74, 6) is 1.73. The molecule has 0 aromatic heterocycles. The summed E-state index contributed by atoms with van der Waals surface area (Å²) in [6.07, 6.45) is 0. The first-order valence-electron chi connectivity index (χ1n) is 15.7. The summed E-state index contributed by atoms with van der Waals surface area (Å²) in [6.45, 7) is 0. The minimum absolute atomic E-state index is 0.866. The lowest BCUT2D eigenvalue weighted by molar-refractivity contribution is 0.477. The largest absolute Gasteiger partial charge is 0.453 e. The lowest BCUT2D eigenvalue weighted by atomic mass is 10.00. The molecule has 3 heterocycles. The number of anilines is 3. The summed E-state index contributed by atoms with van der Waals surface area (Å²) >= 11 is 1.92. The lowest BCUT2D eigenvalue weighted by Gasteiger charge is -2.37. The number of benzene rings is 7. The van der Waals surface area contributed by atoms with Gasteiger partial charge < -0.3 is 9.64 Å². The summed E-state index contributed by atoms with van der Waals surface area (Å²) in [7, 11) is -2.53. The Morgan fingerprint density at radius 1 is 0.435 bits per heavy atom. The highest BCUT2D eigenvalue weighted by Gasteiger charge is 2.52. The zero-order valence-electron chi connectivity index (χ0n) is 24.9. The van der Waals surface area contributed by atoms with Gasteiger partial charge >= 0.3 is 0 Å². The van der Waals surface area contributed by atoms with Gasteiger partial charge in [0, 0.05) is 15.5 Å². The molecule has 7 aromatic rings. The second-order valence-corrected chi connectivity index (χ2v) is 16.8. The molecule has 2 nitrogen and oxygen atoms in total. The Morgan fingerprint density at radius 2 is 0.957 bits per heavy atom. The summed E-state index contributed by atoms with van der Waals surface area (Å²) in [4.78, 5) is 5.07. The first kappa shape index (κ1) is 26.0. The van der Waals surface area contributed by atoms with Crippen LogP contribution in [0.3, 0.4) is 0 Å². The maximum atomic E-state index is 6.26. The molecule has 3 aliphatic heterocycles. The zero-order valence-corrected chi connectivity index (χ0v) is 26.7. The predicted octanol–water partition coefficient (Wildman–Crippen LogP) is 8.75. The lowest BCUT2D eigenvalue weighted by Crippen LogP contribution is -2.74. The summed E-state index contributed by atoms with van der Waals surface area (Å²) in [5.41, 5.74) is 8.43. The van der Waals surface area contributed by atoms with Gasteiger partial charge in [-0.2, -0.15) is 0 Å². The minimum Gasteiger partial charge on any atom is -0.453 e. The van der Waals surface area contributed by atoms with Gasteiger partial charge in [-0.15, -0.1) is 0 Å². The van der Waals surface area contributed by atoms with Crippen LogP contribution in [0.5, 0.6) is 11.5 Å². The van der Waals surface area contributed by atoms with Crippen molar-refractivity contribution >= 4 is 57.6 Å². The molecule has 0 amide bonds. The van der Waals surface area contributed by atoms with Gasteiger partial charge in [0.15, 0.2) is 19.6 Å². The highest BCUT2D eigenvalue weighted by Crippen LogP contribution is 2.50. The zero-order chi connectivity index (χ0) is 30.2. The molecule has 0 N–H and O–H groups in total. The van der Waals surface area contributed by atoms with Crippen LogP contribution in [0.4, 0.5) is 17.1 Å². The van der Waals surface area contributed by atoms with Crippen LogP contribution in [0.1, 0.15) is 0 Å². The molecule has 0 saturated carbocycles. The second kappa shape index (κ2) is 9.85. The van der Waals surface area contributed by atoms with Crippen molar-refractivity contribution in [3.8, 4) is 33.8 Å². The fraction of sp³-hybridized carbons (Fsp3) is 0. The highest BCUT2D eigenvalue weighted by molar-refractivity contribution is 8.00. The van der Waals surface area contributed by atoms with Crippen molar-refractivity contribution in [1.82, 2.24) is 0 Å². The van der Waals surface area contributed by atoms with Gasteiger partial charge in [-0.05, 0) is 91.5 Å². The Balaban J connectivity index is 1.14. The molecule has 0 aliphatic carbocycles. The van der Waals surface area contributed by atoms with E-state index in [1.807, 2.05) is 36.0 Å². The maximum absolute atomic E-state index is 6.26. The third-order valence-electron chi connectivity index (χ3n) is 9.74. The van der Waals surface area contributed by atoms with Gasteiger partial charge in [0.25, 0.3) is 0 Å². The quantitative estimate of drug-likeness (QED) is 0.179. The fourth-order valence-electron chi connectivity index (χ4n) is 7.82. The maximum Gasteiger partial charge on any atom is 0.183 e. The number of nitrogens with zero attached hydrogens (tertiary/aromatic N) is 1. The minimum atomic E-state index is -2.53. The highest BCUT2D eigenvalue weighted by atomic mass is 32.2. The molecule has 0 radical (unpaired) electrons. The standard InChI is InChI=1S/C42H27NOSSi/c1-8-18-39-31(11-1)32-26-23-29(27-42(32)46(39)40-19-9-6-16-37(40)45-38-17-7-10-20-41(38)46)28-21-24-30(25-22-28)43-33-12-2-4-14-35(33)44-36-15-5-3-13-34(36)43/h1-27H. The Hall–Kier alpha value is -5.29. The van der Waals surface area contributed by atoms with Gasteiger partial charge in [-0.25, -0.2) is 0 Å². The van der Waals surface area contributed by atoms with Gasteiger partial charge in [-0.1, -0.05) is 127 Å². The monoisotopic (exact) mass is 621 g/mol.